The molecule has 0 saturated heterocycles. The molecule has 0 bridgehead atoms. The molecule has 6 rings (SSSR count). The number of anilines is 1. The van der Waals surface area contributed by atoms with Crippen molar-refractivity contribution < 1.29 is 4.79 Å². The summed E-state index contributed by atoms with van der Waals surface area (Å²) in [6.07, 6.45) is 6.77. The number of amides is 1. The van der Waals surface area contributed by atoms with Crippen LogP contribution in [0.15, 0.2) is 91.5 Å². The van der Waals surface area contributed by atoms with Crippen LogP contribution in [-0.2, 0) is 0 Å². The molecule has 8 heteroatoms. The summed E-state index contributed by atoms with van der Waals surface area (Å²) in [5.74, 6) is 6.36. The highest BCUT2D eigenvalue weighted by atomic mass is 16.1. The van der Waals surface area contributed by atoms with Gasteiger partial charge in [0.05, 0.1) is 6.04 Å². The Bertz CT molecular complexity index is 1840. The molecule has 38 heavy (non-hydrogen) atoms. The van der Waals surface area contributed by atoms with Gasteiger partial charge in [0, 0.05) is 58.1 Å². The maximum Gasteiger partial charge on any atom is 0.259 e. The van der Waals surface area contributed by atoms with Gasteiger partial charge in [0.1, 0.15) is 5.56 Å². The molecular formula is C30H23N7O. The molecule has 1 atom stereocenters. The predicted molar refractivity (Wildman–Crippen MR) is 147 cm³/mol. The smallest absolute Gasteiger partial charge is 0.259 e. The average Bonchev–Trinajstić information content (AvgIpc) is 3.50. The monoisotopic (exact) mass is 497 g/mol. The molecule has 4 N–H and O–H groups in total. The number of nitrogens with one attached hydrogen (secondary N) is 2. The second-order valence-corrected chi connectivity index (χ2v) is 8.84. The number of fused-ring (bicyclic) bond motifs is 2. The Morgan fingerprint density at radius 2 is 1.82 bits per heavy atom. The number of aromatic amines is 1. The molecular weight excluding hydrogens is 474 g/mol. The molecule has 1 amide bonds. The standard InChI is InChI=1S/C30H23N7O/c1-19(34-30(38)26-28(31)36-37-18-6-15-33-29(26)37)27-25(21-7-3-2-4-8-21)24-22(9-5-10-23(24)35-27)12-11-20-13-16-32-17-14-20/h2-10,13-19,35H,1H3,(H2,31,36)(H,34,38). The van der Waals surface area contributed by atoms with Gasteiger partial charge in [-0.3, -0.25) is 9.78 Å². The highest BCUT2D eigenvalue weighted by Crippen LogP contribution is 2.37. The summed E-state index contributed by atoms with van der Waals surface area (Å²) >= 11 is 0. The molecule has 1 unspecified atom stereocenters. The first-order valence-electron chi connectivity index (χ1n) is 12.1. The summed E-state index contributed by atoms with van der Waals surface area (Å²) in [5, 5.41) is 8.30. The van der Waals surface area contributed by atoms with Gasteiger partial charge in [-0.1, -0.05) is 48.2 Å². The topological polar surface area (TPSA) is 114 Å². The zero-order valence-corrected chi connectivity index (χ0v) is 20.5. The third-order valence-corrected chi connectivity index (χ3v) is 6.37. The molecule has 4 heterocycles. The van der Waals surface area contributed by atoms with Gasteiger partial charge in [-0.15, -0.1) is 5.10 Å². The second kappa shape index (κ2) is 9.56. The van der Waals surface area contributed by atoms with Crippen LogP contribution in [0.5, 0.6) is 0 Å². The fraction of sp³-hybridized carbons (Fsp3) is 0.0667. The van der Waals surface area contributed by atoms with Crippen molar-refractivity contribution in [1.29, 1.82) is 0 Å². The molecule has 2 aromatic carbocycles. The Hall–Kier alpha value is -5.42. The van der Waals surface area contributed by atoms with Crippen LogP contribution in [-0.4, -0.2) is 30.5 Å². The summed E-state index contributed by atoms with van der Waals surface area (Å²) in [7, 11) is 0. The quantitative estimate of drug-likeness (QED) is 0.304. The number of aromatic nitrogens is 5. The Balaban J connectivity index is 1.45. The third kappa shape index (κ3) is 4.12. The zero-order chi connectivity index (χ0) is 26.1. The van der Waals surface area contributed by atoms with Crippen molar-refractivity contribution in [3.05, 3.63) is 114 Å². The second-order valence-electron chi connectivity index (χ2n) is 8.84. The van der Waals surface area contributed by atoms with E-state index >= 15 is 0 Å². The van der Waals surface area contributed by atoms with Crippen molar-refractivity contribution in [2.45, 2.75) is 13.0 Å². The lowest BCUT2D eigenvalue weighted by Crippen LogP contribution is -2.28. The van der Waals surface area contributed by atoms with E-state index in [2.05, 4.69) is 49.3 Å². The highest BCUT2D eigenvalue weighted by molar-refractivity contribution is 6.05. The van der Waals surface area contributed by atoms with Gasteiger partial charge >= 0.3 is 0 Å². The van der Waals surface area contributed by atoms with E-state index in [1.165, 1.54) is 4.52 Å². The number of hydrogen-bond acceptors (Lipinski definition) is 5. The number of H-pyrrole nitrogens is 1. The van der Waals surface area contributed by atoms with Crippen LogP contribution >= 0.6 is 0 Å². The Morgan fingerprint density at radius 3 is 2.63 bits per heavy atom. The van der Waals surface area contributed by atoms with Crippen molar-refractivity contribution >= 4 is 28.3 Å². The third-order valence-electron chi connectivity index (χ3n) is 6.37. The van der Waals surface area contributed by atoms with Crippen molar-refractivity contribution in [2.75, 3.05) is 5.73 Å². The first-order chi connectivity index (χ1) is 18.6. The molecule has 0 aliphatic carbocycles. The summed E-state index contributed by atoms with van der Waals surface area (Å²) in [6.45, 7) is 1.94. The number of nitrogens with zero attached hydrogens (tertiary/aromatic N) is 4. The van der Waals surface area contributed by atoms with Crippen molar-refractivity contribution in [2.24, 2.45) is 0 Å². The van der Waals surface area contributed by atoms with E-state index in [1.54, 1.807) is 30.9 Å². The summed E-state index contributed by atoms with van der Waals surface area (Å²) in [4.78, 5) is 25.3. The minimum absolute atomic E-state index is 0.127. The fourth-order valence-corrected chi connectivity index (χ4v) is 4.64. The number of carbonyl (C=O) groups is 1. The van der Waals surface area contributed by atoms with Gasteiger partial charge in [0.25, 0.3) is 5.91 Å². The predicted octanol–water partition coefficient (Wildman–Crippen LogP) is 4.75. The van der Waals surface area contributed by atoms with E-state index in [0.717, 1.165) is 38.9 Å². The first-order valence-corrected chi connectivity index (χ1v) is 12.1. The molecule has 8 nitrogen and oxygen atoms in total. The molecule has 184 valence electrons. The zero-order valence-electron chi connectivity index (χ0n) is 20.5. The molecule has 0 radical (unpaired) electrons. The summed E-state index contributed by atoms with van der Waals surface area (Å²) in [6, 6.07) is 21.2. The van der Waals surface area contributed by atoms with E-state index in [9.17, 15) is 4.79 Å². The first kappa shape index (κ1) is 23.0. The van der Waals surface area contributed by atoms with Crippen molar-refractivity contribution in [3.8, 4) is 23.0 Å². The van der Waals surface area contributed by atoms with Gasteiger partial charge in [-0.2, -0.15) is 0 Å². The Morgan fingerprint density at radius 1 is 1.00 bits per heavy atom. The number of nitrogen functional groups attached to an aromatic ring is 1. The number of nitrogens with two attached hydrogens (primary N) is 1. The number of pyridine rings is 1. The van der Waals surface area contributed by atoms with Crippen LogP contribution < -0.4 is 11.1 Å². The van der Waals surface area contributed by atoms with Crippen LogP contribution in [0, 0.1) is 11.8 Å². The molecule has 0 saturated carbocycles. The number of benzene rings is 2. The molecule has 0 fully saturated rings. The van der Waals surface area contributed by atoms with Crippen LogP contribution in [0.25, 0.3) is 27.7 Å². The molecule has 0 aliphatic heterocycles. The van der Waals surface area contributed by atoms with E-state index in [1.807, 2.05) is 55.5 Å². The minimum atomic E-state index is -0.385. The Labute approximate surface area is 218 Å². The maximum atomic E-state index is 13.4. The van der Waals surface area contributed by atoms with Crippen molar-refractivity contribution in [1.82, 2.24) is 29.9 Å². The normalized spacial score (nSPS) is 11.7. The molecule has 6 aromatic rings. The van der Waals surface area contributed by atoms with Crippen molar-refractivity contribution in [3.63, 3.8) is 0 Å². The molecule has 4 aromatic heterocycles. The summed E-state index contributed by atoms with van der Waals surface area (Å²) < 4.78 is 1.50. The van der Waals surface area contributed by atoms with Gasteiger partial charge < -0.3 is 16.0 Å². The SMILES string of the molecule is CC(NC(=O)c1c(N)nn2cccnc12)c1[nH]c2cccc(C#Cc3ccncc3)c2c1-c1ccccc1. The summed E-state index contributed by atoms with van der Waals surface area (Å²) in [5.41, 5.74) is 12.3. The molecule has 0 spiro atoms. The Kier molecular flexibility index (Phi) is 5.79. The van der Waals surface area contributed by atoms with E-state index < -0.39 is 0 Å². The van der Waals surface area contributed by atoms with E-state index in [0.29, 0.717) is 5.65 Å². The van der Waals surface area contributed by atoms with Crippen LogP contribution in [0.1, 0.15) is 40.1 Å². The fourth-order valence-electron chi connectivity index (χ4n) is 4.64. The van der Waals surface area contributed by atoms with Gasteiger partial charge in [0.2, 0.25) is 0 Å². The largest absolute Gasteiger partial charge is 0.381 e. The van der Waals surface area contributed by atoms with E-state index in [-0.39, 0.29) is 23.3 Å². The van der Waals surface area contributed by atoms with Gasteiger partial charge in [-0.05, 0) is 42.8 Å². The van der Waals surface area contributed by atoms with E-state index in [4.69, 9.17) is 5.73 Å². The van der Waals surface area contributed by atoms with Gasteiger partial charge in [0.15, 0.2) is 11.5 Å². The van der Waals surface area contributed by atoms with Crippen LogP contribution in [0.3, 0.4) is 0 Å². The lowest BCUT2D eigenvalue weighted by atomic mass is 9.96. The van der Waals surface area contributed by atoms with Crippen LogP contribution in [0.4, 0.5) is 5.82 Å². The number of hydrogen-bond donors (Lipinski definition) is 3. The minimum Gasteiger partial charge on any atom is -0.381 e. The maximum absolute atomic E-state index is 13.4. The molecule has 0 aliphatic rings. The number of rotatable bonds is 4. The average molecular weight is 498 g/mol. The van der Waals surface area contributed by atoms with Gasteiger partial charge in [-0.25, -0.2) is 9.50 Å². The lowest BCUT2D eigenvalue weighted by Gasteiger charge is -2.15. The van der Waals surface area contributed by atoms with Crippen LogP contribution in [0.2, 0.25) is 0 Å². The highest BCUT2D eigenvalue weighted by Gasteiger charge is 2.25. The lowest BCUT2D eigenvalue weighted by molar-refractivity contribution is 0.0941. The number of carbonyl (C=O) groups excluding carboxylic acids is 1.